The summed E-state index contributed by atoms with van der Waals surface area (Å²) in [5.41, 5.74) is 3.20. The lowest BCUT2D eigenvalue weighted by atomic mass is 10.00. The van der Waals surface area contributed by atoms with Crippen molar-refractivity contribution < 1.29 is 5.11 Å². The number of nitrogens with one attached hydrogen (secondary N) is 1. The molecule has 90 valence electrons. The summed E-state index contributed by atoms with van der Waals surface area (Å²) in [7, 11) is 0. The molecule has 16 heavy (non-hydrogen) atoms. The lowest BCUT2D eigenvalue weighted by molar-refractivity contribution is 0.173. The molecule has 0 radical (unpaired) electrons. The summed E-state index contributed by atoms with van der Waals surface area (Å²) in [5.74, 6) is 0. The third-order valence-electron chi connectivity index (χ3n) is 2.79. The molecule has 0 amide bonds. The van der Waals surface area contributed by atoms with Crippen molar-refractivity contribution in [1.82, 2.24) is 5.32 Å². The summed E-state index contributed by atoms with van der Waals surface area (Å²) in [6.07, 6.45) is 5.79. The molecular formula is C14H23NO. The summed E-state index contributed by atoms with van der Waals surface area (Å²) in [4.78, 5) is 0. The average Bonchev–Trinajstić information content (AvgIpc) is 2.67. The molecule has 0 aromatic rings. The van der Waals surface area contributed by atoms with Crippen LogP contribution < -0.4 is 5.32 Å². The Morgan fingerprint density at radius 1 is 1.38 bits per heavy atom. The van der Waals surface area contributed by atoms with Crippen LogP contribution in [0.5, 0.6) is 0 Å². The van der Waals surface area contributed by atoms with Crippen molar-refractivity contribution in [3.63, 3.8) is 0 Å². The second-order valence-corrected chi connectivity index (χ2v) is 4.83. The predicted octanol–water partition coefficient (Wildman–Crippen LogP) is 2.57. The van der Waals surface area contributed by atoms with E-state index in [0.717, 1.165) is 30.5 Å². The Hall–Kier alpha value is -0.860. The molecule has 1 rings (SSSR count). The van der Waals surface area contributed by atoms with Crippen LogP contribution in [0.2, 0.25) is 0 Å². The van der Waals surface area contributed by atoms with Gasteiger partial charge in [0.05, 0.1) is 6.10 Å². The first-order valence-corrected chi connectivity index (χ1v) is 5.94. The monoisotopic (exact) mass is 221 g/mol. The molecule has 1 aliphatic rings. The molecule has 0 aromatic heterocycles. The average molecular weight is 221 g/mol. The zero-order chi connectivity index (χ0) is 12.1. The van der Waals surface area contributed by atoms with E-state index in [1.807, 2.05) is 13.0 Å². The Bertz CT molecular complexity index is 305. The Kier molecular flexibility index (Phi) is 4.97. The fourth-order valence-electron chi connectivity index (χ4n) is 2.11. The van der Waals surface area contributed by atoms with Crippen LogP contribution in [0.4, 0.5) is 0 Å². The van der Waals surface area contributed by atoms with Gasteiger partial charge in [0.25, 0.3) is 0 Å². The molecule has 2 N–H and O–H groups in total. The Morgan fingerprint density at radius 3 is 2.56 bits per heavy atom. The Morgan fingerprint density at radius 2 is 2.06 bits per heavy atom. The number of allylic oxidation sites excluding steroid dienone is 3. The second-order valence-electron chi connectivity index (χ2n) is 4.83. The first-order valence-electron chi connectivity index (χ1n) is 5.94. The van der Waals surface area contributed by atoms with E-state index in [4.69, 9.17) is 0 Å². The summed E-state index contributed by atoms with van der Waals surface area (Å²) in [5, 5.41) is 13.4. The molecule has 1 fully saturated rings. The van der Waals surface area contributed by atoms with Crippen molar-refractivity contribution in [2.24, 2.45) is 0 Å². The van der Waals surface area contributed by atoms with Gasteiger partial charge < -0.3 is 10.4 Å². The van der Waals surface area contributed by atoms with E-state index < -0.39 is 6.10 Å². The lowest BCUT2D eigenvalue weighted by Gasteiger charge is -2.18. The van der Waals surface area contributed by atoms with E-state index in [2.05, 4.69) is 31.8 Å². The first kappa shape index (κ1) is 13.2. The molecule has 2 heteroatoms. The molecule has 0 aliphatic carbocycles. The topological polar surface area (TPSA) is 32.3 Å². The van der Waals surface area contributed by atoms with Crippen LogP contribution in [-0.4, -0.2) is 23.8 Å². The number of rotatable bonds is 4. The summed E-state index contributed by atoms with van der Waals surface area (Å²) in [6, 6.07) is 0.184. The molecule has 1 heterocycles. The van der Waals surface area contributed by atoms with Gasteiger partial charge in [-0.2, -0.15) is 0 Å². The minimum absolute atomic E-state index is 0.184. The largest absolute Gasteiger partial charge is 0.387 e. The van der Waals surface area contributed by atoms with Crippen LogP contribution in [0, 0.1) is 0 Å². The van der Waals surface area contributed by atoms with Gasteiger partial charge in [-0.05, 0) is 45.7 Å². The van der Waals surface area contributed by atoms with Crippen LogP contribution >= 0.6 is 0 Å². The van der Waals surface area contributed by atoms with Crippen LogP contribution in [-0.2, 0) is 0 Å². The highest BCUT2D eigenvalue weighted by Gasteiger charge is 2.23. The van der Waals surface area contributed by atoms with Crippen LogP contribution in [0.3, 0.4) is 0 Å². The third-order valence-corrected chi connectivity index (χ3v) is 2.79. The SMILES string of the molecule is C=C(/C=C(/C)C=C(C)C)[C@@H](O)[C@@H]1CCCN1. The lowest BCUT2D eigenvalue weighted by Crippen LogP contribution is -2.35. The quantitative estimate of drug-likeness (QED) is 0.715. The Labute approximate surface area is 98.8 Å². The van der Waals surface area contributed by atoms with Crippen molar-refractivity contribution in [3.05, 3.63) is 35.5 Å². The molecule has 0 spiro atoms. The molecule has 0 unspecified atom stereocenters. The summed E-state index contributed by atoms with van der Waals surface area (Å²) >= 11 is 0. The maximum Gasteiger partial charge on any atom is 0.0937 e. The van der Waals surface area contributed by atoms with Crippen LogP contribution in [0.15, 0.2) is 35.5 Å². The zero-order valence-corrected chi connectivity index (χ0v) is 10.6. The predicted molar refractivity (Wildman–Crippen MR) is 69.4 cm³/mol. The highest BCUT2D eigenvalue weighted by Crippen LogP contribution is 2.17. The van der Waals surface area contributed by atoms with Crippen LogP contribution in [0.25, 0.3) is 0 Å². The molecule has 0 saturated carbocycles. The molecule has 0 aromatic carbocycles. The van der Waals surface area contributed by atoms with Gasteiger partial charge in [-0.25, -0.2) is 0 Å². The van der Waals surface area contributed by atoms with E-state index in [9.17, 15) is 5.11 Å². The molecular weight excluding hydrogens is 198 g/mol. The van der Waals surface area contributed by atoms with Gasteiger partial charge in [-0.15, -0.1) is 0 Å². The normalized spacial score (nSPS) is 23.0. The van der Waals surface area contributed by atoms with Gasteiger partial charge in [-0.1, -0.05) is 29.9 Å². The van der Waals surface area contributed by atoms with Crippen molar-refractivity contribution in [1.29, 1.82) is 0 Å². The highest BCUT2D eigenvalue weighted by molar-refractivity contribution is 5.31. The highest BCUT2D eigenvalue weighted by atomic mass is 16.3. The van der Waals surface area contributed by atoms with E-state index in [1.165, 1.54) is 5.57 Å². The van der Waals surface area contributed by atoms with Gasteiger partial charge >= 0.3 is 0 Å². The van der Waals surface area contributed by atoms with Gasteiger partial charge in [0.2, 0.25) is 0 Å². The molecule has 0 bridgehead atoms. The number of hydrogen-bond acceptors (Lipinski definition) is 2. The molecule has 1 saturated heterocycles. The van der Waals surface area contributed by atoms with Crippen molar-refractivity contribution >= 4 is 0 Å². The third kappa shape index (κ3) is 3.95. The van der Waals surface area contributed by atoms with Crippen molar-refractivity contribution in [3.8, 4) is 0 Å². The minimum atomic E-state index is -0.456. The first-order chi connectivity index (χ1) is 7.50. The van der Waals surface area contributed by atoms with Gasteiger partial charge in [0.1, 0.15) is 0 Å². The number of aliphatic hydroxyl groups is 1. The van der Waals surface area contributed by atoms with E-state index >= 15 is 0 Å². The second kappa shape index (κ2) is 6.02. The van der Waals surface area contributed by atoms with Gasteiger partial charge in [-0.3, -0.25) is 0 Å². The fourth-order valence-corrected chi connectivity index (χ4v) is 2.11. The van der Waals surface area contributed by atoms with Gasteiger partial charge in [0, 0.05) is 6.04 Å². The summed E-state index contributed by atoms with van der Waals surface area (Å²) in [6.45, 7) is 11.1. The number of aliphatic hydroxyl groups excluding tert-OH is 1. The van der Waals surface area contributed by atoms with E-state index in [0.29, 0.717) is 0 Å². The van der Waals surface area contributed by atoms with E-state index in [-0.39, 0.29) is 6.04 Å². The fraction of sp³-hybridized carbons (Fsp3) is 0.571. The standard InChI is InChI=1S/C14H23NO/c1-10(2)8-11(3)9-12(4)14(16)13-6-5-7-15-13/h8-9,13-16H,4-7H2,1-3H3/b11-9-/t13-,14+/m0/s1. The molecule has 2 atom stereocenters. The van der Waals surface area contributed by atoms with Crippen molar-refractivity contribution in [2.75, 3.05) is 6.54 Å². The zero-order valence-electron chi connectivity index (χ0n) is 10.6. The maximum absolute atomic E-state index is 10.1. The minimum Gasteiger partial charge on any atom is -0.387 e. The summed E-state index contributed by atoms with van der Waals surface area (Å²) < 4.78 is 0. The molecule has 2 nitrogen and oxygen atoms in total. The van der Waals surface area contributed by atoms with Gasteiger partial charge in [0.15, 0.2) is 0 Å². The maximum atomic E-state index is 10.1. The van der Waals surface area contributed by atoms with Crippen LogP contribution in [0.1, 0.15) is 33.6 Å². The molecule has 1 aliphatic heterocycles. The number of hydrogen-bond donors (Lipinski definition) is 2. The smallest absolute Gasteiger partial charge is 0.0937 e. The van der Waals surface area contributed by atoms with Crippen molar-refractivity contribution in [2.45, 2.75) is 45.8 Å². The Balaban J connectivity index is 2.60. The van der Waals surface area contributed by atoms with E-state index in [1.54, 1.807) is 0 Å².